The van der Waals surface area contributed by atoms with E-state index in [1.54, 1.807) is 54.3 Å². The zero-order valence-corrected chi connectivity index (χ0v) is 19.6. The van der Waals surface area contributed by atoms with E-state index in [0.29, 0.717) is 26.5 Å². The lowest BCUT2D eigenvalue weighted by molar-refractivity contribution is 0.102. The van der Waals surface area contributed by atoms with Crippen molar-refractivity contribution in [3.63, 3.8) is 0 Å². The number of nitrogens with zero attached hydrogens (tertiary/aromatic N) is 3. The third kappa shape index (κ3) is 5.58. The molecule has 0 saturated heterocycles. The number of aromatic nitrogens is 3. The van der Waals surface area contributed by atoms with Crippen LogP contribution >= 0.6 is 57.4 Å². The molecule has 3 heterocycles. The maximum atomic E-state index is 12.7. The number of thiazole rings is 1. The number of carbonyl (C=O) groups excluding carboxylic acids is 1. The number of nitrogens with one attached hydrogen (secondary N) is 1. The number of carbonyl (C=O) groups is 1. The van der Waals surface area contributed by atoms with Crippen LogP contribution in [-0.4, -0.2) is 21.1 Å². The molecule has 0 bridgehead atoms. The minimum absolute atomic E-state index is 0.242. The summed E-state index contributed by atoms with van der Waals surface area (Å²) in [5.41, 5.74) is 0.656. The van der Waals surface area contributed by atoms with Crippen LogP contribution in [0.25, 0.3) is 0 Å². The second-order valence-corrected chi connectivity index (χ2v) is 10.7. The number of halogens is 1. The summed E-state index contributed by atoms with van der Waals surface area (Å²) in [7, 11) is 0. The van der Waals surface area contributed by atoms with Gasteiger partial charge in [0.2, 0.25) is 5.13 Å². The largest absolute Gasteiger partial charge is 0.486 e. The highest BCUT2D eigenvalue weighted by Gasteiger charge is 2.18. The van der Waals surface area contributed by atoms with Gasteiger partial charge in [-0.1, -0.05) is 40.8 Å². The Balaban J connectivity index is 1.33. The van der Waals surface area contributed by atoms with Crippen LogP contribution < -0.4 is 10.1 Å². The summed E-state index contributed by atoms with van der Waals surface area (Å²) in [6.45, 7) is 2.09. The standard InChI is InChI=1S/C19H15ClN4O2S4/c1-11-16(29-15(21-11)9-26-13-6-4-12(20)5-7-13)17(25)22-18-23-24-19(30-18)28-10-14-3-2-8-27-14/h2-8H,9-10H2,1H3,(H,22,23,25). The third-order valence-corrected chi connectivity index (χ3v) is 8.23. The van der Waals surface area contributed by atoms with Gasteiger partial charge in [-0.05, 0) is 42.6 Å². The molecule has 4 aromatic rings. The lowest BCUT2D eigenvalue weighted by atomic mass is 10.3. The molecule has 0 fully saturated rings. The van der Waals surface area contributed by atoms with E-state index in [4.69, 9.17) is 16.3 Å². The molecule has 30 heavy (non-hydrogen) atoms. The molecule has 0 radical (unpaired) electrons. The molecule has 0 atom stereocenters. The molecule has 0 aliphatic rings. The number of amides is 1. The second-order valence-electron chi connectivity index (χ2n) is 5.96. The normalized spacial score (nSPS) is 10.9. The van der Waals surface area contributed by atoms with E-state index in [9.17, 15) is 4.79 Å². The SMILES string of the molecule is Cc1nc(COc2ccc(Cl)cc2)sc1C(=O)Nc1nnc(SCc2cccs2)s1. The maximum Gasteiger partial charge on any atom is 0.269 e. The Morgan fingerprint density at radius 1 is 1.20 bits per heavy atom. The van der Waals surface area contributed by atoms with Gasteiger partial charge in [0.15, 0.2) is 4.34 Å². The molecule has 0 aliphatic heterocycles. The van der Waals surface area contributed by atoms with Crippen molar-refractivity contribution in [3.05, 3.63) is 67.3 Å². The van der Waals surface area contributed by atoms with Gasteiger partial charge in [0.05, 0.1) is 5.69 Å². The van der Waals surface area contributed by atoms with Crippen molar-refractivity contribution in [2.75, 3.05) is 5.32 Å². The predicted molar refractivity (Wildman–Crippen MR) is 124 cm³/mol. The number of thiophene rings is 1. The van der Waals surface area contributed by atoms with Crippen molar-refractivity contribution >= 4 is 68.4 Å². The number of ether oxygens (including phenoxy) is 1. The Kier molecular flexibility index (Phi) is 7.00. The number of thioether (sulfide) groups is 1. The highest BCUT2D eigenvalue weighted by atomic mass is 35.5. The first kappa shape index (κ1) is 21.3. The van der Waals surface area contributed by atoms with E-state index in [1.165, 1.54) is 27.6 Å². The average molecular weight is 495 g/mol. The second kappa shape index (κ2) is 9.88. The first-order valence-electron chi connectivity index (χ1n) is 8.71. The molecule has 0 unspecified atom stereocenters. The van der Waals surface area contributed by atoms with E-state index in [-0.39, 0.29) is 12.5 Å². The lowest BCUT2D eigenvalue weighted by Gasteiger charge is -2.03. The van der Waals surface area contributed by atoms with Crippen molar-refractivity contribution in [3.8, 4) is 5.75 Å². The molecule has 3 aromatic heterocycles. The summed E-state index contributed by atoms with van der Waals surface area (Å²) in [6.07, 6.45) is 0. The summed E-state index contributed by atoms with van der Waals surface area (Å²) in [6, 6.07) is 11.2. The maximum absolute atomic E-state index is 12.7. The number of rotatable bonds is 8. The first-order chi connectivity index (χ1) is 14.6. The summed E-state index contributed by atoms with van der Waals surface area (Å²) < 4.78 is 6.53. The molecule has 1 aromatic carbocycles. The Morgan fingerprint density at radius 3 is 2.80 bits per heavy atom. The highest BCUT2D eigenvalue weighted by molar-refractivity contribution is 8.00. The van der Waals surface area contributed by atoms with Gasteiger partial charge in [-0.15, -0.1) is 32.9 Å². The van der Waals surface area contributed by atoms with Gasteiger partial charge in [0.25, 0.3) is 5.91 Å². The van der Waals surface area contributed by atoms with Crippen LogP contribution in [0.1, 0.15) is 25.3 Å². The van der Waals surface area contributed by atoms with Crippen LogP contribution in [0.2, 0.25) is 5.02 Å². The van der Waals surface area contributed by atoms with Crippen molar-refractivity contribution in [2.24, 2.45) is 0 Å². The molecule has 154 valence electrons. The fourth-order valence-corrected chi connectivity index (χ4v) is 5.92. The summed E-state index contributed by atoms with van der Waals surface area (Å²) >= 11 is 11.9. The van der Waals surface area contributed by atoms with Crippen LogP contribution in [0.5, 0.6) is 5.75 Å². The summed E-state index contributed by atoms with van der Waals surface area (Å²) in [4.78, 5) is 18.9. The van der Waals surface area contributed by atoms with Crippen LogP contribution in [0.15, 0.2) is 46.1 Å². The highest BCUT2D eigenvalue weighted by Crippen LogP contribution is 2.30. The molecule has 0 aliphatic carbocycles. The quantitative estimate of drug-likeness (QED) is 0.234. The van der Waals surface area contributed by atoms with E-state index in [1.807, 2.05) is 11.4 Å². The van der Waals surface area contributed by atoms with Gasteiger partial charge < -0.3 is 4.74 Å². The molecule has 0 spiro atoms. The van der Waals surface area contributed by atoms with E-state index in [0.717, 1.165) is 15.1 Å². The average Bonchev–Trinajstić information content (AvgIpc) is 3.47. The summed E-state index contributed by atoms with van der Waals surface area (Å²) in [5.74, 6) is 1.29. The number of hydrogen-bond donors (Lipinski definition) is 1. The Labute approximate surface area is 194 Å². The molecule has 0 saturated carbocycles. The Hall–Kier alpha value is -1.98. The number of anilines is 1. The van der Waals surface area contributed by atoms with E-state index < -0.39 is 0 Å². The molecule has 4 rings (SSSR count). The molecular formula is C19H15ClN4O2S4. The molecule has 1 amide bonds. The fraction of sp³-hybridized carbons (Fsp3) is 0.158. The zero-order valence-electron chi connectivity index (χ0n) is 15.6. The van der Waals surface area contributed by atoms with Crippen molar-refractivity contribution in [1.82, 2.24) is 15.2 Å². The third-order valence-electron chi connectivity index (χ3n) is 3.77. The van der Waals surface area contributed by atoms with E-state index in [2.05, 4.69) is 26.6 Å². The van der Waals surface area contributed by atoms with Crippen molar-refractivity contribution in [1.29, 1.82) is 0 Å². The van der Waals surface area contributed by atoms with Crippen molar-refractivity contribution < 1.29 is 9.53 Å². The van der Waals surface area contributed by atoms with Gasteiger partial charge in [-0.3, -0.25) is 10.1 Å². The topological polar surface area (TPSA) is 77.0 Å². The van der Waals surface area contributed by atoms with E-state index >= 15 is 0 Å². The molecular weight excluding hydrogens is 480 g/mol. The molecule has 11 heteroatoms. The Bertz CT molecular complexity index is 1130. The molecule has 1 N–H and O–H groups in total. The molecule has 6 nitrogen and oxygen atoms in total. The van der Waals surface area contributed by atoms with Crippen LogP contribution in [0, 0.1) is 6.92 Å². The van der Waals surface area contributed by atoms with Crippen LogP contribution in [0.4, 0.5) is 5.13 Å². The fourth-order valence-electron chi connectivity index (χ4n) is 2.40. The van der Waals surface area contributed by atoms with Gasteiger partial charge in [-0.25, -0.2) is 4.98 Å². The first-order valence-corrected chi connectivity index (χ1v) is 12.6. The number of hydrogen-bond acceptors (Lipinski definition) is 9. The minimum Gasteiger partial charge on any atom is -0.486 e. The van der Waals surface area contributed by atoms with Crippen LogP contribution in [-0.2, 0) is 12.4 Å². The van der Waals surface area contributed by atoms with Crippen LogP contribution in [0.3, 0.4) is 0 Å². The van der Waals surface area contributed by atoms with Gasteiger partial charge >= 0.3 is 0 Å². The van der Waals surface area contributed by atoms with Gasteiger partial charge in [0, 0.05) is 15.7 Å². The lowest BCUT2D eigenvalue weighted by Crippen LogP contribution is -2.11. The monoisotopic (exact) mass is 494 g/mol. The zero-order chi connectivity index (χ0) is 20.9. The minimum atomic E-state index is -0.242. The number of aryl methyl sites for hydroxylation is 1. The van der Waals surface area contributed by atoms with Gasteiger partial charge in [-0.2, -0.15) is 0 Å². The van der Waals surface area contributed by atoms with Crippen molar-refractivity contribution in [2.45, 2.75) is 23.6 Å². The van der Waals surface area contributed by atoms with Gasteiger partial charge in [0.1, 0.15) is 22.2 Å². The Morgan fingerprint density at radius 2 is 2.03 bits per heavy atom. The summed E-state index contributed by atoms with van der Waals surface area (Å²) in [5, 5.41) is 14.9. The predicted octanol–water partition coefficient (Wildman–Crippen LogP) is 6.14. The smallest absolute Gasteiger partial charge is 0.269 e. The number of benzene rings is 1.